The third kappa shape index (κ3) is 10.7. The van der Waals surface area contributed by atoms with Gasteiger partial charge in [0, 0.05) is 43.5 Å². The van der Waals surface area contributed by atoms with Gasteiger partial charge in [-0.2, -0.15) is 52.7 Å². The van der Waals surface area contributed by atoms with Crippen LogP contribution < -0.4 is 31.4 Å². The van der Waals surface area contributed by atoms with E-state index in [4.69, 9.17) is 0 Å². The molecule has 0 unspecified atom stereocenters. The first-order valence-corrected chi connectivity index (χ1v) is 26.0. The molecule has 0 aliphatic carbocycles. The van der Waals surface area contributed by atoms with Crippen molar-refractivity contribution < 1.29 is 52.7 Å². The van der Waals surface area contributed by atoms with Crippen LogP contribution in [0.4, 0.5) is 64.1 Å². The second-order valence-corrected chi connectivity index (χ2v) is 21.4. The highest BCUT2D eigenvalue weighted by molar-refractivity contribution is 7.74. The van der Waals surface area contributed by atoms with Gasteiger partial charge in [-0.15, -0.1) is 0 Å². The largest absolute Gasteiger partial charge is 0.416 e. The molecular formula is C60H38F12N2P2. The van der Waals surface area contributed by atoms with Crippen molar-refractivity contribution in [2.24, 2.45) is 0 Å². The molecule has 0 aromatic heterocycles. The third-order valence-electron chi connectivity index (χ3n) is 12.8. The minimum absolute atomic E-state index is 0.329. The lowest BCUT2D eigenvalue weighted by Crippen LogP contribution is -2.20. The van der Waals surface area contributed by atoms with Gasteiger partial charge >= 0.3 is 24.7 Å². The molecule has 76 heavy (non-hydrogen) atoms. The lowest BCUT2D eigenvalue weighted by Gasteiger charge is -2.30. The molecular weight excluding hydrogens is 1040 g/mol. The molecule has 0 aliphatic heterocycles. The predicted octanol–water partition coefficient (Wildman–Crippen LogP) is 18.0. The van der Waals surface area contributed by atoms with E-state index in [0.29, 0.717) is 76.7 Å². The molecule has 16 heteroatoms. The summed E-state index contributed by atoms with van der Waals surface area (Å²) < 4.78 is 169. The standard InChI is InChI=1S/C60H38F12N2P2/c61-57(62,63)41-19-27-45(28-20-41)75(46-29-21-42(22-30-46)58(64,65)66)73-55-51(37-11-3-1-4-12-37)35-39-15-7-9-17-49(39)53(55)54-50-18-10-8-16-40(50)36-52(38-13-5-2-6-14-38)56(54)74-76(47-31-23-43(24-32-47)59(67,68)69)48-33-25-44(26-34-48)60(70,71)72/h1-36,73-74H. The summed E-state index contributed by atoms with van der Waals surface area (Å²) in [7, 11) is -4.19. The van der Waals surface area contributed by atoms with E-state index >= 15 is 0 Å². The molecule has 2 N–H and O–H groups in total. The van der Waals surface area contributed by atoms with Gasteiger partial charge in [0.05, 0.1) is 49.8 Å². The van der Waals surface area contributed by atoms with E-state index in [-0.39, 0.29) is 0 Å². The van der Waals surface area contributed by atoms with Crippen LogP contribution in [0.3, 0.4) is 0 Å². The van der Waals surface area contributed by atoms with Gasteiger partial charge in [-0.1, -0.05) is 158 Å². The zero-order chi connectivity index (χ0) is 53.6. The average Bonchev–Trinajstić information content (AvgIpc) is 3.45. The number of benzene rings is 10. The maximum absolute atomic E-state index is 14.1. The number of fused-ring (bicyclic) bond motifs is 2. The Bertz CT molecular complexity index is 3310. The van der Waals surface area contributed by atoms with Crippen LogP contribution >= 0.6 is 16.1 Å². The number of alkyl halides is 12. The highest BCUT2D eigenvalue weighted by atomic mass is 31.1. The normalized spacial score (nSPS) is 12.4. The molecule has 0 fully saturated rings. The highest BCUT2D eigenvalue weighted by Crippen LogP contribution is 2.55. The van der Waals surface area contributed by atoms with Crippen LogP contribution in [-0.4, -0.2) is 0 Å². The molecule has 0 atom stereocenters. The van der Waals surface area contributed by atoms with Gasteiger partial charge in [0.25, 0.3) is 0 Å². The van der Waals surface area contributed by atoms with E-state index < -0.39 is 63.1 Å². The van der Waals surface area contributed by atoms with E-state index in [1.807, 2.05) is 121 Å². The fraction of sp³-hybridized carbons (Fsp3) is 0.0667. The maximum Gasteiger partial charge on any atom is 0.416 e. The molecule has 0 saturated heterocycles. The Morgan fingerprint density at radius 3 is 0.789 bits per heavy atom. The highest BCUT2D eigenvalue weighted by Gasteiger charge is 2.35. The summed E-state index contributed by atoms with van der Waals surface area (Å²) in [6.07, 6.45) is -18.8. The van der Waals surface area contributed by atoms with Gasteiger partial charge < -0.3 is 10.2 Å². The molecule has 382 valence electrons. The molecule has 10 rings (SSSR count). The summed E-state index contributed by atoms with van der Waals surface area (Å²) >= 11 is 0. The molecule has 10 aromatic carbocycles. The predicted molar refractivity (Wildman–Crippen MR) is 283 cm³/mol. The first kappa shape index (κ1) is 51.8. The smallest absolute Gasteiger partial charge is 0.356 e. The van der Waals surface area contributed by atoms with Crippen molar-refractivity contribution in [1.29, 1.82) is 0 Å². The van der Waals surface area contributed by atoms with Gasteiger partial charge in [0.1, 0.15) is 0 Å². The Morgan fingerprint density at radius 2 is 0.526 bits per heavy atom. The minimum atomic E-state index is -4.70. The van der Waals surface area contributed by atoms with Crippen LogP contribution in [0.25, 0.3) is 54.9 Å². The minimum Gasteiger partial charge on any atom is -0.356 e. The van der Waals surface area contributed by atoms with Gasteiger partial charge in [0.15, 0.2) is 0 Å². The van der Waals surface area contributed by atoms with Crippen LogP contribution in [0, 0.1) is 0 Å². The van der Waals surface area contributed by atoms with Crippen molar-refractivity contribution in [2.45, 2.75) is 24.7 Å². The maximum atomic E-state index is 14.1. The fourth-order valence-electron chi connectivity index (χ4n) is 9.12. The molecule has 0 heterocycles. The second kappa shape index (κ2) is 20.5. The summed E-state index contributed by atoms with van der Waals surface area (Å²) in [5.41, 5.74) is 0.680. The van der Waals surface area contributed by atoms with Crippen molar-refractivity contribution in [1.82, 2.24) is 0 Å². The fourth-order valence-corrected chi connectivity index (χ4v) is 12.9. The van der Waals surface area contributed by atoms with Crippen molar-refractivity contribution in [3.05, 3.63) is 241 Å². The van der Waals surface area contributed by atoms with E-state index in [2.05, 4.69) is 10.2 Å². The molecule has 0 radical (unpaired) electrons. The number of rotatable bonds is 11. The third-order valence-corrected chi connectivity index (χ3v) is 16.9. The van der Waals surface area contributed by atoms with Gasteiger partial charge in [-0.25, -0.2) is 0 Å². The lowest BCUT2D eigenvalue weighted by atomic mass is 9.85. The van der Waals surface area contributed by atoms with E-state index in [1.54, 1.807) is 0 Å². The zero-order valence-corrected chi connectivity index (χ0v) is 41.0. The molecule has 0 amide bonds. The Labute approximate surface area is 430 Å². The van der Waals surface area contributed by atoms with Gasteiger partial charge in [-0.3, -0.25) is 0 Å². The van der Waals surface area contributed by atoms with Gasteiger partial charge in [-0.05, 0) is 93.3 Å². The van der Waals surface area contributed by atoms with Crippen LogP contribution in [0.1, 0.15) is 22.3 Å². The number of hydrogen-bond acceptors (Lipinski definition) is 2. The quantitative estimate of drug-likeness (QED) is 0.0996. The monoisotopic (exact) mass is 1080 g/mol. The first-order valence-electron chi connectivity index (χ1n) is 23.3. The molecule has 10 aromatic rings. The number of hydrogen-bond donors (Lipinski definition) is 2. The first-order chi connectivity index (χ1) is 36.2. The van der Waals surface area contributed by atoms with Crippen molar-refractivity contribution in [3.63, 3.8) is 0 Å². The summed E-state index contributed by atoms with van der Waals surface area (Å²) in [4.78, 5) is 0. The van der Waals surface area contributed by atoms with E-state index in [1.165, 1.54) is 48.5 Å². The SMILES string of the molecule is FC(F)(F)c1ccc(P(Nc2c(-c3ccccc3)cc3ccccc3c2-c2c(NP(c3ccc(C(F)(F)F)cc3)c3ccc(C(F)(F)F)cc3)c(-c3ccccc3)cc3ccccc23)c2ccc(C(F)(F)F)cc2)cc1. The van der Waals surface area contributed by atoms with Gasteiger partial charge in [0.2, 0.25) is 0 Å². The molecule has 0 saturated carbocycles. The number of halogens is 12. The summed E-state index contributed by atoms with van der Waals surface area (Å²) in [6.45, 7) is 0. The summed E-state index contributed by atoms with van der Waals surface area (Å²) in [6, 6.07) is 54.8. The van der Waals surface area contributed by atoms with Crippen molar-refractivity contribution in [2.75, 3.05) is 10.2 Å². The van der Waals surface area contributed by atoms with Crippen LogP contribution in [0.2, 0.25) is 0 Å². The van der Waals surface area contributed by atoms with Crippen LogP contribution in [0.15, 0.2) is 218 Å². The topological polar surface area (TPSA) is 24.1 Å². The number of anilines is 2. The average molecular weight is 1080 g/mol. The Kier molecular flexibility index (Phi) is 14.0. The summed E-state index contributed by atoms with van der Waals surface area (Å²) in [5, 5.41) is 11.5. The molecule has 2 nitrogen and oxygen atoms in total. The van der Waals surface area contributed by atoms with Crippen LogP contribution in [-0.2, 0) is 24.7 Å². The number of nitrogens with one attached hydrogen (secondary N) is 2. The van der Waals surface area contributed by atoms with E-state index in [0.717, 1.165) is 59.3 Å². The van der Waals surface area contributed by atoms with Crippen molar-refractivity contribution >= 4 is 70.3 Å². The molecule has 0 aliphatic rings. The Balaban J connectivity index is 1.32. The lowest BCUT2D eigenvalue weighted by molar-refractivity contribution is -0.138. The second-order valence-electron chi connectivity index (χ2n) is 17.6. The van der Waals surface area contributed by atoms with E-state index in [9.17, 15) is 52.7 Å². The van der Waals surface area contributed by atoms with Crippen LogP contribution in [0.5, 0.6) is 0 Å². The molecule has 0 spiro atoms. The Hall–Kier alpha value is -7.66. The zero-order valence-electron chi connectivity index (χ0n) is 39.2. The summed E-state index contributed by atoms with van der Waals surface area (Å²) in [5.74, 6) is 0. The van der Waals surface area contributed by atoms with Crippen molar-refractivity contribution in [3.8, 4) is 33.4 Å². The Morgan fingerprint density at radius 1 is 0.276 bits per heavy atom. The molecule has 0 bridgehead atoms.